The Balaban J connectivity index is 1.22. The molecule has 1 aromatic heterocycles. The van der Waals surface area contributed by atoms with E-state index < -0.39 is 49.6 Å². The lowest BCUT2D eigenvalue weighted by Crippen LogP contribution is -2.48. The first kappa shape index (κ1) is 44.0. The van der Waals surface area contributed by atoms with E-state index in [-0.39, 0.29) is 55.9 Å². The molecule has 0 radical (unpaired) electrons. The number of nitrogens with one attached hydrogen (secondary N) is 1. The molecule has 60 heavy (non-hydrogen) atoms. The minimum Gasteiger partial charge on any atom is -0.493 e. The normalized spacial score (nSPS) is 28.2. The zero-order valence-electron chi connectivity index (χ0n) is 36.0. The van der Waals surface area contributed by atoms with Crippen molar-refractivity contribution in [1.82, 2.24) is 14.6 Å². The average Bonchev–Trinajstić information content (AvgIpc) is 4.11. The summed E-state index contributed by atoms with van der Waals surface area (Å²) in [5, 5.41) is 0.928. The van der Waals surface area contributed by atoms with Crippen molar-refractivity contribution >= 4 is 44.5 Å². The maximum Gasteiger partial charge on any atom is 0.306 e. The van der Waals surface area contributed by atoms with Gasteiger partial charge in [-0.25, -0.2) is 13.4 Å². The molecule has 328 valence electrons. The largest absolute Gasteiger partial charge is 0.493 e. The predicted octanol–water partition coefficient (Wildman–Crippen LogP) is 6.57. The van der Waals surface area contributed by atoms with Crippen molar-refractivity contribution in [1.29, 1.82) is 0 Å². The van der Waals surface area contributed by atoms with Gasteiger partial charge in [0.05, 0.1) is 53.6 Å². The molecule has 3 fully saturated rings. The van der Waals surface area contributed by atoms with Gasteiger partial charge in [0.2, 0.25) is 21.8 Å². The highest BCUT2D eigenvalue weighted by Crippen LogP contribution is 2.58. The van der Waals surface area contributed by atoms with E-state index in [2.05, 4.69) is 4.72 Å². The van der Waals surface area contributed by atoms with Crippen molar-refractivity contribution in [3.63, 3.8) is 0 Å². The van der Waals surface area contributed by atoms with Crippen LogP contribution in [0, 0.1) is 23.2 Å². The second kappa shape index (κ2) is 17.7. The van der Waals surface area contributed by atoms with Crippen LogP contribution in [0.25, 0.3) is 10.9 Å². The number of allylic oxidation sites excluding steroid dienone is 2. The van der Waals surface area contributed by atoms with E-state index in [9.17, 15) is 27.6 Å². The van der Waals surface area contributed by atoms with Gasteiger partial charge >= 0.3 is 5.97 Å². The van der Waals surface area contributed by atoms with Gasteiger partial charge in [-0.2, -0.15) is 0 Å². The van der Waals surface area contributed by atoms with E-state index in [0.29, 0.717) is 70.3 Å². The topological polar surface area (TPSA) is 167 Å². The summed E-state index contributed by atoms with van der Waals surface area (Å²) in [5.41, 5.74) is 0.434. The number of ketones is 1. The maximum atomic E-state index is 14.9. The fourth-order valence-electron chi connectivity index (χ4n) is 9.29. The van der Waals surface area contributed by atoms with Gasteiger partial charge in [0.15, 0.2) is 5.78 Å². The molecule has 1 spiro atoms. The molecule has 2 amide bonds. The molecule has 2 aromatic rings. The summed E-state index contributed by atoms with van der Waals surface area (Å²) in [6.07, 6.45) is 11.2. The number of rotatable bonds is 13. The number of nitrogens with zero attached hydrogens (tertiary/aromatic N) is 2. The molecule has 14 heteroatoms. The van der Waals surface area contributed by atoms with Crippen LogP contribution in [0.5, 0.6) is 11.5 Å². The monoisotopic (exact) mass is 849 g/mol. The van der Waals surface area contributed by atoms with E-state index in [1.54, 1.807) is 18.9 Å². The van der Waals surface area contributed by atoms with Gasteiger partial charge in [0.25, 0.3) is 0 Å². The number of aryl methyl sites for hydroxylation is 2. The lowest BCUT2D eigenvalue weighted by atomic mass is 9.85. The van der Waals surface area contributed by atoms with Crippen LogP contribution in [0.4, 0.5) is 0 Å². The maximum absolute atomic E-state index is 14.9. The fourth-order valence-corrected chi connectivity index (χ4v) is 10.6. The summed E-state index contributed by atoms with van der Waals surface area (Å²) in [6.45, 7) is 9.04. The van der Waals surface area contributed by atoms with Crippen LogP contribution in [-0.2, 0) is 51.5 Å². The summed E-state index contributed by atoms with van der Waals surface area (Å²) in [7, 11) is -2.29. The van der Waals surface area contributed by atoms with Gasteiger partial charge in [0, 0.05) is 49.8 Å². The van der Waals surface area contributed by atoms with Gasteiger partial charge in [-0.3, -0.25) is 23.9 Å². The SMILES string of the molecule is CCc1nc2ccc(OCCCOC)cc2c2c1O[C@]1(CC2)C[C@H]2C(=O)C[C@]3(C(=O)NS(=O)(=O)C4(C)CC4)C[C@H]3/C=C\CCCCC[C@H](CC(=O)OCC(C)C)C(=O)N2C1. The molecule has 5 atom stereocenters. The van der Waals surface area contributed by atoms with Gasteiger partial charge in [-0.05, 0) is 94.7 Å². The number of benzene rings is 1. The Bertz CT molecular complexity index is 2120. The van der Waals surface area contributed by atoms with Gasteiger partial charge in [-0.15, -0.1) is 0 Å². The van der Waals surface area contributed by atoms with Gasteiger partial charge in [0.1, 0.15) is 17.1 Å². The lowest BCUT2D eigenvalue weighted by molar-refractivity contribution is -0.151. The third-order valence-corrected chi connectivity index (χ3v) is 15.6. The highest BCUT2D eigenvalue weighted by atomic mass is 32.2. The highest BCUT2D eigenvalue weighted by Gasteiger charge is 2.63. The Morgan fingerprint density at radius 1 is 1.08 bits per heavy atom. The number of sulfonamides is 1. The van der Waals surface area contributed by atoms with Crippen molar-refractivity contribution in [2.75, 3.05) is 33.5 Å². The smallest absolute Gasteiger partial charge is 0.306 e. The number of ether oxygens (including phenoxy) is 4. The van der Waals surface area contributed by atoms with E-state index >= 15 is 0 Å². The van der Waals surface area contributed by atoms with Crippen molar-refractivity contribution in [3.05, 3.63) is 41.6 Å². The molecule has 7 rings (SSSR count). The van der Waals surface area contributed by atoms with Crippen molar-refractivity contribution in [2.24, 2.45) is 23.2 Å². The number of esters is 1. The van der Waals surface area contributed by atoms with Crippen molar-refractivity contribution < 1.29 is 46.5 Å². The summed E-state index contributed by atoms with van der Waals surface area (Å²) >= 11 is 0. The standard InChI is InChI=1S/C46H63N3O10S/c1-6-36-41-34(35-24-33(15-16-37(35)47-36)57-22-12-21-56-5)17-18-45(59-41)26-38-39(50)27-46(43(53)48-60(54,55)44(4)19-20-44)25-32(46)14-11-9-7-8-10-13-31(42(52)49(38)29-45)23-40(51)58-28-30(2)3/h11,14-16,24,30-32,38H,6-10,12-13,17-23,25-29H2,1-5H3,(H,48,53)/b14-11-/t31-,32-,38+,45-,46-/m1/s1. The molecule has 0 unspecified atom stereocenters. The van der Waals surface area contributed by atoms with Crippen molar-refractivity contribution in [3.8, 4) is 11.5 Å². The molecule has 0 bridgehead atoms. The first-order valence-electron chi connectivity index (χ1n) is 22.1. The number of aromatic nitrogens is 1. The van der Waals surface area contributed by atoms with Crippen LogP contribution in [0.3, 0.4) is 0 Å². The minimum atomic E-state index is -3.95. The van der Waals surface area contributed by atoms with Gasteiger partial charge < -0.3 is 23.8 Å². The van der Waals surface area contributed by atoms with E-state index in [1.807, 2.05) is 51.1 Å². The number of amides is 2. The Morgan fingerprint density at radius 3 is 2.62 bits per heavy atom. The number of fused-ring (bicyclic) bond motifs is 5. The Kier molecular flexibility index (Phi) is 13.0. The number of carbonyl (C=O) groups is 4. The number of Topliss-reactive ketones (excluding diaryl/α,β-unsaturated/α-hetero) is 1. The zero-order valence-corrected chi connectivity index (χ0v) is 36.8. The number of hydrogen-bond acceptors (Lipinski definition) is 11. The van der Waals surface area contributed by atoms with E-state index in [4.69, 9.17) is 23.9 Å². The lowest BCUT2D eigenvalue weighted by Gasteiger charge is -2.37. The number of hydrogen-bond donors (Lipinski definition) is 1. The summed E-state index contributed by atoms with van der Waals surface area (Å²) in [6, 6.07) is 4.93. The van der Waals surface area contributed by atoms with E-state index in [1.165, 1.54) is 0 Å². The molecular formula is C46H63N3O10S. The Morgan fingerprint density at radius 2 is 1.88 bits per heavy atom. The van der Waals surface area contributed by atoms with Crippen LogP contribution in [0.2, 0.25) is 0 Å². The predicted molar refractivity (Wildman–Crippen MR) is 226 cm³/mol. The average molecular weight is 850 g/mol. The molecule has 1 aromatic carbocycles. The zero-order chi connectivity index (χ0) is 42.9. The van der Waals surface area contributed by atoms with Crippen molar-refractivity contribution in [2.45, 2.75) is 140 Å². The number of carbonyl (C=O) groups excluding carboxylic acids is 4. The molecule has 5 aliphatic rings. The molecule has 2 saturated carbocycles. The minimum absolute atomic E-state index is 0.101. The van der Waals surface area contributed by atoms with E-state index in [0.717, 1.165) is 53.6 Å². The third-order valence-electron chi connectivity index (χ3n) is 13.4. The molecule has 3 aliphatic heterocycles. The Hall–Kier alpha value is -4.04. The third kappa shape index (κ3) is 9.24. The van der Waals surface area contributed by atoms with Crippen LogP contribution in [0.1, 0.15) is 122 Å². The number of methoxy groups -OCH3 is 1. The molecule has 4 heterocycles. The molecule has 1 saturated heterocycles. The summed E-state index contributed by atoms with van der Waals surface area (Å²) < 4.78 is 51.9. The second-order valence-corrected chi connectivity index (χ2v) is 20.8. The van der Waals surface area contributed by atoms with Crippen LogP contribution >= 0.6 is 0 Å². The Labute approximate surface area is 354 Å². The molecule has 2 aliphatic carbocycles. The highest BCUT2D eigenvalue weighted by molar-refractivity contribution is 7.91. The first-order valence-corrected chi connectivity index (χ1v) is 23.6. The fraction of sp³-hybridized carbons (Fsp3) is 0.674. The van der Waals surface area contributed by atoms with Crippen LogP contribution < -0.4 is 14.2 Å². The summed E-state index contributed by atoms with van der Waals surface area (Å²) in [4.78, 5) is 63.8. The second-order valence-electron chi connectivity index (χ2n) is 18.6. The van der Waals surface area contributed by atoms with Crippen LogP contribution in [-0.4, -0.2) is 91.7 Å². The molecule has 13 nitrogen and oxygen atoms in total. The number of pyridine rings is 1. The summed E-state index contributed by atoms with van der Waals surface area (Å²) in [5.74, 6) is -1.22. The molecular weight excluding hydrogens is 787 g/mol. The van der Waals surface area contributed by atoms with Crippen LogP contribution in [0.15, 0.2) is 30.4 Å². The molecule has 1 N–H and O–H groups in total. The quantitative estimate of drug-likeness (QED) is 0.132. The first-order chi connectivity index (χ1) is 28.6. The van der Waals surface area contributed by atoms with Gasteiger partial charge in [-0.1, -0.05) is 45.8 Å².